The Hall–Kier alpha value is -2.11. The Bertz CT molecular complexity index is 586. The summed E-state index contributed by atoms with van der Waals surface area (Å²) in [7, 11) is 0. The lowest BCUT2D eigenvalue weighted by Crippen LogP contribution is -2.45. The van der Waals surface area contributed by atoms with Crippen molar-refractivity contribution in [3.05, 3.63) is 34.7 Å². The van der Waals surface area contributed by atoms with Gasteiger partial charge in [-0.15, -0.1) is 0 Å². The van der Waals surface area contributed by atoms with Crippen molar-refractivity contribution in [2.24, 2.45) is 5.92 Å². The third kappa shape index (κ3) is 2.83. The largest absolute Gasteiger partial charge is 0.739 e. The van der Waals surface area contributed by atoms with Crippen molar-refractivity contribution in [1.82, 2.24) is 5.10 Å². The molecule has 1 aromatic carbocycles. The number of nitrogens with zero attached hydrogens (tertiary/aromatic N) is 3. The number of anilines is 1. The molecule has 0 spiro atoms. The third-order valence-electron chi connectivity index (χ3n) is 2.88. The first-order chi connectivity index (χ1) is 8.99. The molecule has 0 aliphatic heterocycles. The lowest BCUT2D eigenvalue weighted by Gasteiger charge is -2.14. The summed E-state index contributed by atoms with van der Waals surface area (Å²) in [6, 6.07) is 6.68. The van der Waals surface area contributed by atoms with Gasteiger partial charge in [0, 0.05) is 10.9 Å². The minimum atomic E-state index is 0.0434. The molecule has 1 atom stereocenters. The van der Waals surface area contributed by atoms with E-state index in [0.717, 1.165) is 6.42 Å². The zero-order valence-corrected chi connectivity index (χ0v) is 11.3. The lowest BCUT2D eigenvalue weighted by atomic mass is 10.1. The van der Waals surface area contributed by atoms with Crippen LogP contribution in [0.5, 0.6) is 0 Å². The number of aromatic nitrogens is 3. The Morgan fingerprint density at radius 3 is 2.42 bits per heavy atom. The van der Waals surface area contributed by atoms with Crippen LogP contribution in [-0.4, -0.2) is 11.1 Å². The normalized spacial score (nSPS) is 12.8. The highest BCUT2D eigenvalue weighted by Crippen LogP contribution is 2.09. The monoisotopic (exact) mass is 262 g/mol. The van der Waals surface area contributed by atoms with E-state index in [1.165, 1.54) is 0 Å². The fourth-order valence-corrected chi connectivity index (χ4v) is 2.17. The Morgan fingerprint density at radius 2 is 1.79 bits per heavy atom. The van der Waals surface area contributed by atoms with E-state index in [1.54, 1.807) is 24.3 Å². The highest BCUT2D eigenvalue weighted by atomic mass is 16.5. The Labute approximate surface area is 111 Å². The molecule has 6 nitrogen and oxygen atoms in total. The van der Waals surface area contributed by atoms with E-state index in [0.29, 0.717) is 21.0 Å². The van der Waals surface area contributed by atoms with Crippen LogP contribution < -0.4 is 14.9 Å². The molecular formula is C13H18N4O2. The van der Waals surface area contributed by atoms with E-state index in [1.807, 2.05) is 6.92 Å². The first-order valence-corrected chi connectivity index (χ1v) is 6.37. The number of rotatable bonds is 4. The molecule has 1 heterocycles. The van der Waals surface area contributed by atoms with Crippen LogP contribution in [0.4, 0.5) is 5.95 Å². The Morgan fingerprint density at radius 1 is 1.16 bits per heavy atom. The fourth-order valence-electron chi connectivity index (χ4n) is 2.17. The summed E-state index contributed by atoms with van der Waals surface area (Å²) in [5.41, 5.74) is 0.575. The molecule has 1 aromatic heterocycles. The Kier molecular flexibility index (Phi) is 3.69. The van der Waals surface area contributed by atoms with Gasteiger partial charge in [0.25, 0.3) is 5.52 Å². The number of hydrogen-bond donors (Lipinski definition) is 1. The van der Waals surface area contributed by atoms with Crippen molar-refractivity contribution >= 4 is 17.0 Å². The number of para-hydroxylation sites is 2. The predicted molar refractivity (Wildman–Crippen MR) is 72.2 cm³/mol. The van der Waals surface area contributed by atoms with Gasteiger partial charge in [-0.2, -0.15) is 0 Å². The second-order valence-electron chi connectivity index (χ2n) is 5.15. The summed E-state index contributed by atoms with van der Waals surface area (Å²) in [5.74, 6) is 0.546. The molecule has 0 fully saturated rings. The number of hydrogen-bond acceptors (Lipinski definition) is 4. The SMILES string of the molecule is CC(C)CC(C)Nc1n[n+]([O-])c2ccccc2[n+]1[O-]. The summed E-state index contributed by atoms with van der Waals surface area (Å²) in [5, 5.41) is 30.7. The first kappa shape index (κ1) is 13.3. The van der Waals surface area contributed by atoms with Gasteiger partial charge in [-0.1, -0.05) is 26.0 Å². The van der Waals surface area contributed by atoms with Gasteiger partial charge in [0.15, 0.2) is 5.52 Å². The average Bonchev–Trinajstić information content (AvgIpc) is 2.34. The zero-order chi connectivity index (χ0) is 14.0. The maximum Gasteiger partial charge on any atom is 0.461 e. The van der Waals surface area contributed by atoms with Crippen LogP contribution in [0.3, 0.4) is 0 Å². The van der Waals surface area contributed by atoms with Gasteiger partial charge >= 0.3 is 5.95 Å². The second kappa shape index (κ2) is 5.26. The molecule has 0 aliphatic rings. The molecule has 1 N–H and O–H groups in total. The van der Waals surface area contributed by atoms with Crippen LogP contribution in [0, 0.1) is 16.3 Å². The number of fused-ring (bicyclic) bond motifs is 1. The van der Waals surface area contributed by atoms with Gasteiger partial charge in [-0.25, -0.2) is 4.73 Å². The van der Waals surface area contributed by atoms with E-state index in [-0.39, 0.29) is 17.5 Å². The lowest BCUT2D eigenvalue weighted by molar-refractivity contribution is -0.672. The molecule has 0 bridgehead atoms. The first-order valence-electron chi connectivity index (χ1n) is 6.37. The van der Waals surface area contributed by atoms with Gasteiger partial charge in [0.05, 0.1) is 6.04 Å². The average molecular weight is 262 g/mol. The van der Waals surface area contributed by atoms with E-state index in [4.69, 9.17) is 0 Å². The van der Waals surface area contributed by atoms with Crippen LogP contribution in [0.15, 0.2) is 24.3 Å². The fraction of sp³-hybridized carbons (Fsp3) is 0.462. The molecule has 102 valence electrons. The van der Waals surface area contributed by atoms with E-state index < -0.39 is 0 Å². The maximum atomic E-state index is 12.1. The van der Waals surface area contributed by atoms with Gasteiger partial charge in [-0.05, 0) is 25.3 Å². The van der Waals surface area contributed by atoms with Crippen molar-refractivity contribution < 1.29 is 9.58 Å². The maximum absolute atomic E-state index is 12.1. The molecule has 0 radical (unpaired) electrons. The molecule has 2 rings (SSSR count). The summed E-state index contributed by atoms with van der Waals surface area (Å²) in [6.45, 7) is 6.17. The van der Waals surface area contributed by atoms with Gasteiger partial charge in [0.1, 0.15) is 0 Å². The zero-order valence-electron chi connectivity index (χ0n) is 11.3. The molecule has 0 saturated carbocycles. The standard InChI is InChI=1S/C13H18N4O2/c1-9(2)8-10(3)14-13-15-17(19)12-7-5-4-6-11(12)16(13)18/h4-7,9-10H,8H2,1-3H3,(H,14,15). The third-order valence-corrected chi connectivity index (χ3v) is 2.88. The molecule has 0 saturated heterocycles. The number of nitrogens with one attached hydrogen (secondary N) is 1. The smallest absolute Gasteiger partial charge is 0.461 e. The summed E-state index contributed by atoms with van der Waals surface area (Å²) in [6.07, 6.45) is 0.896. The summed E-state index contributed by atoms with van der Waals surface area (Å²) in [4.78, 5) is 0.480. The molecule has 2 aromatic rings. The van der Waals surface area contributed by atoms with Crippen LogP contribution in [0.1, 0.15) is 27.2 Å². The van der Waals surface area contributed by atoms with Crippen LogP contribution in [0.2, 0.25) is 0 Å². The molecule has 6 heteroatoms. The molecule has 19 heavy (non-hydrogen) atoms. The van der Waals surface area contributed by atoms with Gasteiger partial charge < -0.3 is 10.4 Å². The summed E-state index contributed by atoms with van der Waals surface area (Å²) < 4.78 is 0.667. The molecule has 1 unspecified atom stereocenters. The van der Waals surface area contributed by atoms with Crippen LogP contribution >= 0.6 is 0 Å². The van der Waals surface area contributed by atoms with Crippen LogP contribution in [0.25, 0.3) is 11.0 Å². The Balaban J connectivity index is 2.36. The van der Waals surface area contributed by atoms with E-state index in [9.17, 15) is 10.4 Å². The summed E-state index contributed by atoms with van der Waals surface area (Å²) >= 11 is 0. The number of benzene rings is 1. The van der Waals surface area contributed by atoms with E-state index >= 15 is 0 Å². The van der Waals surface area contributed by atoms with Crippen LogP contribution in [-0.2, 0) is 0 Å². The van der Waals surface area contributed by atoms with Crippen molar-refractivity contribution in [2.45, 2.75) is 33.2 Å². The molecule has 0 amide bonds. The van der Waals surface area contributed by atoms with Crippen molar-refractivity contribution in [1.29, 1.82) is 0 Å². The minimum absolute atomic E-state index is 0.0434. The van der Waals surface area contributed by atoms with Crippen molar-refractivity contribution in [2.75, 3.05) is 5.32 Å². The van der Waals surface area contributed by atoms with Crippen molar-refractivity contribution in [3.63, 3.8) is 0 Å². The highest BCUT2D eigenvalue weighted by molar-refractivity contribution is 5.67. The van der Waals surface area contributed by atoms with Crippen molar-refractivity contribution in [3.8, 4) is 0 Å². The topological polar surface area (TPSA) is 78.8 Å². The molecule has 0 aliphatic carbocycles. The highest BCUT2D eigenvalue weighted by Gasteiger charge is 2.21. The van der Waals surface area contributed by atoms with Gasteiger partial charge in [-0.3, -0.25) is 5.32 Å². The molecular weight excluding hydrogens is 244 g/mol. The van der Waals surface area contributed by atoms with E-state index in [2.05, 4.69) is 24.3 Å². The quantitative estimate of drug-likeness (QED) is 0.666. The predicted octanol–water partition coefficient (Wildman–Crippen LogP) is 1.35. The minimum Gasteiger partial charge on any atom is -0.739 e. The second-order valence-corrected chi connectivity index (χ2v) is 5.15. The van der Waals surface area contributed by atoms with Gasteiger partial charge in [0.2, 0.25) is 5.10 Å².